The lowest BCUT2D eigenvalue weighted by atomic mass is 9.95. The van der Waals surface area contributed by atoms with Crippen molar-refractivity contribution in [2.75, 3.05) is 11.9 Å². The van der Waals surface area contributed by atoms with E-state index in [9.17, 15) is 10.1 Å². The zero-order valence-corrected chi connectivity index (χ0v) is 11.9. The Hall–Kier alpha value is -1.21. The van der Waals surface area contributed by atoms with Crippen LogP contribution in [0.5, 0.6) is 0 Å². The first-order valence-corrected chi connectivity index (χ1v) is 6.40. The van der Waals surface area contributed by atoms with Crippen molar-refractivity contribution in [3.63, 3.8) is 0 Å². The maximum absolute atomic E-state index is 10.6. The number of aliphatic hydroxyl groups excluding tert-OH is 1. The summed E-state index contributed by atoms with van der Waals surface area (Å²) in [6.45, 7) is 4.04. The zero-order valence-electron chi connectivity index (χ0n) is 10.3. The molecule has 2 N–H and O–H groups in total. The van der Waals surface area contributed by atoms with E-state index in [1.807, 2.05) is 13.8 Å². The number of rotatable bonds is 6. The highest BCUT2D eigenvalue weighted by atomic mass is 79.9. The third-order valence-corrected chi connectivity index (χ3v) is 3.51. The number of hydrogen-bond acceptors (Lipinski definition) is 5. The summed E-state index contributed by atoms with van der Waals surface area (Å²) in [5.41, 5.74) is -0.354. The van der Waals surface area contributed by atoms with Crippen LogP contribution in [0.3, 0.4) is 0 Å². The fourth-order valence-electron chi connectivity index (χ4n) is 1.48. The first-order valence-electron chi connectivity index (χ1n) is 5.61. The summed E-state index contributed by atoms with van der Waals surface area (Å²) in [6.07, 6.45) is 2.59. The van der Waals surface area contributed by atoms with Gasteiger partial charge in [0.15, 0.2) is 0 Å². The Balaban J connectivity index is 2.94. The van der Waals surface area contributed by atoms with Crippen molar-refractivity contribution in [3.8, 4) is 0 Å². The van der Waals surface area contributed by atoms with E-state index in [4.69, 9.17) is 5.11 Å². The van der Waals surface area contributed by atoms with Gasteiger partial charge in [-0.3, -0.25) is 10.1 Å². The Kier molecular flexibility index (Phi) is 5.03. The van der Waals surface area contributed by atoms with Gasteiger partial charge in [-0.1, -0.05) is 6.92 Å². The molecule has 1 heterocycles. The molecular weight excluding hydrogens is 302 g/mol. The van der Waals surface area contributed by atoms with Crippen molar-refractivity contribution in [1.82, 2.24) is 4.98 Å². The second kappa shape index (κ2) is 6.10. The van der Waals surface area contributed by atoms with Crippen LogP contribution >= 0.6 is 15.9 Å². The van der Waals surface area contributed by atoms with Crippen molar-refractivity contribution in [2.45, 2.75) is 32.2 Å². The molecule has 0 saturated carbocycles. The topological polar surface area (TPSA) is 88.3 Å². The first-order chi connectivity index (χ1) is 8.41. The van der Waals surface area contributed by atoms with Crippen LogP contribution in [0.4, 0.5) is 11.5 Å². The first kappa shape index (κ1) is 14.8. The second-order valence-corrected chi connectivity index (χ2v) is 5.15. The van der Waals surface area contributed by atoms with E-state index in [0.717, 1.165) is 6.42 Å². The predicted octanol–water partition coefficient (Wildman–Crippen LogP) is 2.72. The predicted molar refractivity (Wildman–Crippen MR) is 72.6 cm³/mol. The molecular formula is C11H16BrN3O3. The Labute approximate surface area is 114 Å². The van der Waals surface area contributed by atoms with Gasteiger partial charge in [-0.15, -0.1) is 0 Å². The highest BCUT2D eigenvalue weighted by molar-refractivity contribution is 9.10. The Morgan fingerprint density at radius 1 is 1.67 bits per heavy atom. The van der Waals surface area contributed by atoms with Crippen LogP contribution in [0.2, 0.25) is 0 Å². The molecule has 0 aliphatic carbocycles. The number of pyridine rings is 1. The SMILES string of the molecule is CCC(C)(CCO)Nc1ncc([N+](=O)[O-])cc1Br. The van der Waals surface area contributed by atoms with Crippen molar-refractivity contribution < 1.29 is 10.0 Å². The molecule has 0 amide bonds. The van der Waals surface area contributed by atoms with Gasteiger partial charge >= 0.3 is 0 Å². The summed E-state index contributed by atoms with van der Waals surface area (Å²) in [5.74, 6) is 0.540. The quantitative estimate of drug-likeness (QED) is 0.622. The van der Waals surface area contributed by atoms with E-state index in [-0.39, 0.29) is 17.8 Å². The van der Waals surface area contributed by atoms with Crippen LogP contribution in [0, 0.1) is 10.1 Å². The lowest BCUT2D eigenvalue weighted by molar-refractivity contribution is -0.385. The van der Waals surface area contributed by atoms with Gasteiger partial charge in [0.1, 0.15) is 12.0 Å². The van der Waals surface area contributed by atoms with Crippen LogP contribution in [-0.4, -0.2) is 27.2 Å². The average molecular weight is 318 g/mol. The van der Waals surface area contributed by atoms with Gasteiger partial charge in [0.2, 0.25) is 0 Å². The smallest absolute Gasteiger partial charge is 0.288 e. The van der Waals surface area contributed by atoms with E-state index in [1.165, 1.54) is 12.3 Å². The molecule has 0 aliphatic rings. The fourth-order valence-corrected chi connectivity index (χ4v) is 1.92. The number of aromatic nitrogens is 1. The molecule has 0 bridgehead atoms. The third-order valence-electron chi connectivity index (χ3n) is 2.90. The van der Waals surface area contributed by atoms with Crippen LogP contribution < -0.4 is 5.32 Å². The van der Waals surface area contributed by atoms with Crippen LogP contribution in [0.1, 0.15) is 26.7 Å². The zero-order chi connectivity index (χ0) is 13.8. The van der Waals surface area contributed by atoms with Crippen molar-refractivity contribution >= 4 is 27.4 Å². The monoisotopic (exact) mass is 317 g/mol. The summed E-state index contributed by atoms with van der Waals surface area (Å²) in [6, 6.07) is 1.41. The summed E-state index contributed by atoms with van der Waals surface area (Å²) in [4.78, 5) is 14.1. The number of nitro groups is 1. The minimum absolute atomic E-state index is 0.0622. The van der Waals surface area contributed by atoms with Gasteiger partial charge in [0.25, 0.3) is 5.69 Å². The molecule has 0 saturated heterocycles. The van der Waals surface area contributed by atoms with Gasteiger partial charge in [-0.25, -0.2) is 4.98 Å². The fraction of sp³-hybridized carbons (Fsp3) is 0.545. The highest BCUT2D eigenvalue weighted by Crippen LogP contribution is 2.28. The van der Waals surface area contributed by atoms with Crippen molar-refractivity contribution in [3.05, 3.63) is 26.9 Å². The summed E-state index contributed by atoms with van der Waals surface area (Å²) in [5, 5.41) is 22.8. The Morgan fingerprint density at radius 3 is 2.78 bits per heavy atom. The Morgan fingerprint density at radius 2 is 2.33 bits per heavy atom. The minimum Gasteiger partial charge on any atom is -0.396 e. The van der Waals surface area contributed by atoms with E-state index in [1.54, 1.807) is 0 Å². The molecule has 1 unspecified atom stereocenters. The van der Waals surface area contributed by atoms with Gasteiger partial charge in [-0.05, 0) is 35.7 Å². The molecule has 1 aromatic rings. The lowest BCUT2D eigenvalue weighted by Crippen LogP contribution is -2.35. The summed E-state index contributed by atoms with van der Waals surface area (Å²) in [7, 11) is 0. The van der Waals surface area contributed by atoms with E-state index >= 15 is 0 Å². The van der Waals surface area contributed by atoms with Crippen LogP contribution in [-0.2, 0) is 0 Å². The molecule has 0 radical (unpaired) electrons. The van der Waals surface area contributed by atoms with Crippen molar-refractivity contribution in [2.24, 2.45) is 0 Å². The lowest BCUT2D eigenvalue weighted by Gasteiger charge is -2.29. The molecule has 0 fully saturated rings. The minimum atomic E-state index is -0.492. The largest absolute Gasteiger partial charge is 0.396 e. The number of aliphatic hydroxyl groups is 1. The van der Waals surface area contributed by atoms with Gasteiger partial charge in [0, 0.05) is 18.2 Å². The number of anilines is 1. The highest BCUT2D eigenvalue weighted by Gasteiger charge is 2.23. The van der Waals surface area contributed by atoms with Crippen LogP contribution in [0.25, 0.3) is 0 Å². The third kappa shape index (κ3) is 3.64. The maximum Gasteiger partial charge on any atom is 0.288 e. The molecule has 0 aliphatic heterocycles. The molecule has 7 heteroatoms. The molecule has 0 aromatic carbocycles. The summed E-state index contributed by atoms with van der Waals surface area (Å²) < 4.78 is 0.536. The molecule has 18 heavy (non-hydrogen) atoms. The number of halogens is 1. The Bertz CT molecular complexity index is 442. The average Bonchev–Trinajstić information content (AvgIpc) is 2.32. The van der Waals surface area contributed by atoms with Gasteiger partial charge in [0.05, 0.1) is 9.40 Å². The van der Waals surface area contributed by atoms with Crippen LogP contribution in [0.15, 0.2) is 16.7 Å². The molecule has 6 nitrogen and oxygen atoms in total. The number of hydrogen-bond donors (Lipinski definition) is 2. The standard InChI is InChI=1S/C11H16BrN3O3/c1-3-11(2,4-5-16)14-10-9(12)6-8(7-13-10)15(17)18/h6-7,16H,3-5H2,1-2H3,(H,13,14). The second-order valence-electron chi connectivity index (χ2n) is 4.29. The van der Waals surface area contributed by atoms with Crippen molar-refractivity contribution in [1.29, 1.82) is 0 Å². The summed E-state index contributed by atoms with van der Waals surface area (Å²) >= 11 is 3.26. The normalized spacial score (nSPS) is 14.0. The van der Waals surface area contributed by atoms with Gasteiger partial charge in [-0.2, -0.15) is 0 Å². The van der Waals surface area contributed by atoms with E-state index in [2.05, 4.69) is 26.2 Å². The van der Waals surface area contributed by atoms with E-state index < -0.39 is 4.92 Å². The molecule has 1 atom stereocenters. The molecule has 1 aromatic heterocycles. The molecule has 0 spiro atoms. The van der Waals surface area contributed by atoms with Gasteiger partial charge < -0.3 is 10.4 Å². The molecule has 100 valence electrons. The number of nitrogens with one attached hydrogen (secondary N) is 1. The molecule has 1 rings (SSSR count). The maximum atomic E-state index is 10.6. The number of nitrogens with zero attached hydrogens (tertiary/aromatic N) is 2. The van der Waals surface area contributed by atoms with E-state index in [0.29, 0.717) is 16.7 Å².